The molecule has 1 aromatic rings. The molecule has 0 N–H and O–H groups in total. The van der Waals surface area contributed by atoms with Crippen molar-refractivity contribution in [2.24, 2.45) is 0 Å². The third kappa shape index (κ3) is 3.43. The molecule has 0 fully saturated rings. The van der Waals surface area contributed by atoms with Crippen LogP contribution in [0.1, 0.15) is 0 Å². The quantitative estimate of drug-likeness (QED) is 0.575. The molecule has 0 amide bonds. The number of allylic oxidation sites excluding steroid dienone is 2. The van der Waals surface area contributed by atoms with E-state index in [-0.39, 0.29) is 26.3 Å². The van der Waals surface area contributed by atoms with Gasteiger partial charge in [-0.05, 0) is 24.3 Å². The molecule has 8 heteroatoms. The number of methoxy groups -OCH3 is 2. The first-order valence-corrected chi connectivity index (χ1v) is 7.74. The molecule has 1 aliphatic rings. The summed E-state index contributed by atoms with van der Waals surface area (Å²) >= 11 is 18.3. The van der Waals surface area contributed by atoms with Gasteiger partial charge in [-0.1, -0.05) is 40.9 Å². The van der Waals surface area contributed by atoms with Gasteiger partial charge in [-0.15, -0.1) is 0 Å². The molecule has 0 aliphatic carbocycles. The molecule has 1 aromatic carbocycles. The summed E-state index contributed by atoms with van der Waals surface area (Å²) in [5.74, 6) is -1.44. The zero-order valence-electron chi connectivity index (χ0n) is 12.7. The number of carbonyl (C=O) groups excluding carboxylic acids is 2. The van der Waals surface area contributed by atoms with Crippen molar-refractivity contribution < 1.29 is 19.1 Å². The lowest BCUT2D eigenvalue weighted by Gasteiger charge is -2.24. The van der Waals surface area contributed by atoms with E-state index >= 15 is 0 Å². The molecule has 0 bridgehead atoms. The SMILES string of the molecule is COC(=O)C1=C(C(=O)OC)N(c2ccc(Cl)c(Cl)c2Cl)C=CC=C1. The highest BCUT2D eigenvalue weighted by Crippen LogP contribution is 2.40. The Balaban J connectivity index is 2.73. The van der Waals surface area contributed by atoms with Crippen molar-refractivity contribution >= 4 is 52.4 Å². The van der Waals surface area contributed by atoms with Crippen LogP contribution in [0.15, 0.2) is 47.8 Å². The van der Waals surface area contributed by atoms with Crippen LogP contribution in [-0.4, -0.2) is 26.2 Å². The van der Waals surface area contributed by atoms with Gasteiger partial charge in [0.1, 0.15) is 5.70 Å². The van der Waals surface area contributed by atoms with Crippen molar-refractivity contribution in [1.29, 1.82) is 0 Å². The minimum absolute atomic E-state index is 0.0106. The maximum absolute atomic E-state index is 12.3. The Hall–Kier alpha value is -1.95. The van der Waals surface area contributed by atoms with E-state index in [2.05, 4.69) is 0 Å². The van der Waals surface area contributed by atoms with Crippen molar-refractivity contribution in [3.05, 3.63) is 62.9 Å². The standard InChI is InChI=1S/C16H12Cl3NO4/c1-23-15(21)9-5-3-4-8-20(14(9)16(22)24-2)11-7-6-10(17)12(18)13(11)19/h3-8H,1-2H3. The highest BCUT2D eigenvalue weighted by atomic mass is 35.5. The normalized spacial score (nSPS) is 13.8. The highest BCUT2D eigenvalue weighted by Gasteiger charge is 2.29. The number of esters is 2. The lowest BCUT2D eigenvalue weighted by atomic mass is 10.1. The Morgan fingerprint density at radius 2 is 1.62 bits per heavy atom. The van der Waals surface area contributed by atoms with E-state index in [1.165, 1.54) is 31.3 Å². The lowest BCUT2D eigenvalue weighted by Crippen LogP contribution is -2.27. The largest absolute Gasteiger partial charge is 0.465 e. The molecule has 126 valence electrons. The number of ether oxygens (including phenoxy) is 2. The fourth-order valence-electron chi connectivity index (χ4n) is 2.05. The van der Waals surface area contributed by atoms with Crippen LogP contribution in [0.25, 0.3) is 0 Å². The molecule has 1 heterocycles. The summed E-state index contributed by atoms with van der Waals surface area (Å²) in [5, 5.41) is 0.519. The summed E-state index contributed by atoms with van der Waals surface area (Å²) in [7, 11) is 2.42. The average molecular weight is 389 g/mol. The Bertz CT molecular complexity index is 784. The molecule has 0 spiro atoms. The van der Waals surface area contributed by atoms with Crippen molar-refractivity contribution in [1.82, 2.24) is 0 Å². The fraction of sp³-hybridized carbons (Fsp3) is 0.125. The first kappa shape index (κ1) is 18.4. The number of anilines is 1. The van der Waals surface area contributed by atoms with Crippen molar-refractivity contribution in [3.8, 4) is 0 Å². The minimum atomic E-state index is -0.742. The van der Waals surface area contributed by atoms with Gasteiger partial charge < -0.3 is 14.4 Å². The van der Waals surface area contributed by atoms with Crippen LogP contribution in [-0.2, 0) is 19.1 Å². The number of carbonyl (C=O) groups is 2. The number of hydrogen-bond donors (Lipinski definition) is 0. The third-order valence-electron chi connectivity index (χ3n) is 3.16. The molecular formula is C16H12Cl3NO4. The second kappa shape index (κ2) is 7.75. The number of hydrogen-bond acceptors (Lipinski definition) is 5. The monoisotopic (exact) mass is 387 g/mol. The van der Waals surface area contributed by atoms with E-state index in [1.807, 2.05) is 0 Å². The molecule has 5 nitrogen and oxygen atoms in total. The van der Waals surface area contributed by atoms with Gasteiger partial charge in [-0.25, -0.2) is 9.59 Å². The van der Waals surface area contributed by atoms with E-state index in [0.29, 0.717) is 5.69 Å². The predicted molar refractivity (Wildman–Crippen MR) is 93.3 cm³/mol. The van der Waals surface area contributed by atoms with Crippen LogP contribution in [0.2, 0.25) is 15.1 Å². The van der Waals surface area contributed by atoms with Gasteiger partial charge in [-0.2, -0.15) is 0 Å². The molecule has 0 aromatic heterocycles. The molecule has 2 rings (SSSR count). The van der Waals surface area contributed by atoms with E-state index in [9.17, 15) is 9.59 Å². The molecule has 0 saturated heterocycles. The number of rotatable bonds is 3. The lowest BCUT2D eigenvalue weighted by molar-refractivity contribution is -0.139. The second-order valence-corrected chi connectivity index (χ2v) is 5.67. The van der Waals surface area contributed by atoms with Crippen LogP contribution in [0, 0.1) is 0 Å². The van der Waals surface area contributed by atoms with Gasteiger partial charge in [0, 0.05) is 6.20 Å². The van der Waals surface area contributed by atoms with Crippen LogP contribution in [0.4, 0.5) is 5.69 Å². The van der Waals surface area contributed by atoms with Crippen LogP contribution >= 0.6 is 34.8 Å². The van der Waals surface area contributed by atoms with Crippen molar-refractivity contribution in [2.75, 3.05) is 19.1 Å². The van der Waals surface area contributed by atoms with Crippen LogP contribution < -0.4 is 4.90 Å². The van der Waals surface area contributed by atoms with Gasteiger partial charge in [0.05, 0.1) is 40.5 Å². The molecule has 24 heavy (non-hydrogen) atoms. The zero-order chi connectivity index (χ0) is 17.9. The molecule has 0 atom stereocenters. The highest BCUT2D eigenvalue weighted by molar-refractivity contribution is 6.49. The third-order valence-corrected chi connectivity index (χ3v) is 4.45. The van der Waals surface area contributed by atoms with Gasteiger partial charge in [0.25, 0.3) is 0 Å². The van der Waals surface area contributed by atoms with Crippen molar-refractivity contribution in [3.63, 3.8) is 0 Å². The molecule has 0 unspecified atom stereocenters. The summed E-state index contributed by atoms with van der Waals surface area (Å²) in [6.07, 6.45) is 6.20. The van der Waals surface area contributed by atoms with Gasteiger partial charge in [0.2, 0.25) is 0 Å². The number of nitrogens with zero attached hydrogens (tertiary/aromatic N) is 1. The Morgan fingerprint density at radius 3 is 2.25 bits per heavy atom. The van der Waals surface area contributed by atoms with E-state index in [1.54, 1.807) is 24.4 Å². The summed E-state index contributed by atoms with van der Waals surface area (Å²) in [5.41, 5.74) is 0.305. The molecule has 0 radical (unpaired) electrons. The first-order chi connectivity index (χ1) is 11.4. The van der Waals surface area contributed by atoms with Crippen LogP contribution in [0.3, 0.4) is 0 Å². The zero-order valence-corrected chi connectivity index (χ0v) is 14.9. The Morgan fingerprint density at radius 1 is 0.958 bits per heavy atom. The molecule has 1 aliphatic heterocycles. The second-order valence-electron chi connectivity index (χ2n) is 4.51. The topological polar surface area (TPSA) is 55.8 Å². The predicted octanol–water partition coefficient (Wildman–Crippen LogP) is 4.14. The van der Waals surface area contributed by atoms with Gasteiger partial charge in [0.15, 0.2) is 0 Å². The van der Waals surface area contributed by atoms with Gasteiger partial charge in [-0.3, -0.25) is 0 Å². The number of benzene rings is 1. The summed E-state index contributed by atoms with van der Waals surface area (Å²) in [6, 6.07) is 3.11. The summed E-state index contributed by atoms with van der Waals surface area (Å²) in [4.78, 5) is 25.7. The van der Waals surface area contributed by atoms with E-state index in [0.717, 1.165) is 0 Å². The number of halogens is 3. The molecule has 0 saturated carbocycles. The minimum Gasteiger partial charge on any atom is -0.465 e. The maximum Gasteiger partial charge on any atom is 0.355 e. The maximum atomic E-state index is 12.3. The molecular weight excluding hydrogens is 377 g/mol. The Labute approximate surface area is 153 Å². The fourth-order valence-corrected chi connectivity index (χ4v) is 2.67. The van der Waals surface area contributed by atoms with E-state index in [4.69, 9.17) is 44.3 Å². The Kier molecular flexibility index (Phi) is 5.94. The summed E-state index contributed by atoms with van der Waals surface area (Å²) in [6.45, 7) is 0. The first-order valence-electron chi connectivity index (χ1n) is 6.60. The van der Waals surface area contributed by atoms with Crippen LogP contribution in [0.5, 0.6) is 0 Å². The van der Waals surface area contributed by atoms with E-state index < -0.39 is 11.9 Å². The van der Waals surface area contributed by atoms with Gasteiger partial charge >= 0.3 is 11.9 Å². The van der Waals surface area contributed by atoms with Crippen molar-refractivity contribution in [2.45, 2.75) is 0 Å². The average Bonchev–Trinajstić information content (AvgIpc) is 2.81. The smallest absolute Gasteiger partial charge is 0.355 e. The summed E-state index contributed by atoms with van der Waals surface area (Å²) < 4.78 is 9.54.